The van der Waals surface area contributed by atoms with Gasteiger partial charge in [-0.15, -0.1) is 11.3 Å². The first-order valence-corrected chi connectivity index (χ1v) is 16.1. The van der Waals surface area contributed by atoms with Gasteiger partial charge in [-0.25, -0.2) is 9.79 Å². The zero-order valence-corrected chi connectivity index (χ0v) is 27.4. The molecule has 3 heterocycles. The molecule has 0 N–H and O–H groups in total. The van der Waals surface area contributed by atoms with Crippen LogP contribution < -0.4 is 19.6 Å². The molecule has 39 heavy (non-hydrogen) atoms. The van der Waals surface area contributed by atoms with E-state index < -0.39 is 12.0 Å². The van der Waals surface area contributed by atoms with Crippen LogP contribution in [0.3, 0.4) is 0 Å². The molecule has 0 saturated carbocycles. The zero-order chi connectivity index (χ0) is 27.7. The van der Waals surface area contributed by atoms with Crippen LogP contribution in [-0.2, 0) is 16.1 Å². The minimum Gasteiger partial charge on any atom is -0.487 e. The summed E-state index contributed by atoms with van der Waals surface area (Å²) in [5, 5.41) is 2.62. The number of allylic oxidation sites excluding steroid dienone is 1. The molecule has 11 heteroatoms. The fourth-order valence-corrected chi connectivity index (χ4v) is 8.32. The highest BCUT2D eigenvalue weighted by atomic mass is 127. The van der Waals surface area contributed by atoms with Gasteiger partial charge in [0.1, 0.15) is 18.4 Å². The summed E-state index contributed by atoms with van der Waals surface area (Å²) in [5.41, 5.74) is 2.66. The topological polar surface area (TPSA) is 69.9 Å². The maximum absolute atomic E-state index is 13.8. The molecule has 0 unspecified atom stereocenters. The Bertz CT molecular complexity index is 1740. The summed E-state index contributed by atoms with van der Waals surface area (Å²) in [6, 6.07) is 14.8. The van der Waals surface area contributed by atoms with Gasteiger partial charge in [-0.2, -0.15) is 0 Å². The van der Waals surface area contributed by atoms with Crippen LogP contribution in [0.15, 0.2) is 75.0 Å². The van der Waals surface area contributed by atoms with Crippen LogP contribution in [0.4, 0.5) is 0 Å². The number of nitrogens with zero attached hydrogens (tertiary/aromatic N) is 2. The van der Waals surface area contributed by atoms with Gasteiger partial charge in [0.15, 0.2) is 4.80 Å². The quantitative estimate of drug-likeness (QED) is 0.163. The van der Waals surface area contributed by atoms with Gasteiger partial charge in [-0.1, -0.05) is 41.1 Å². The largest absolute Gasteiger partial charge is 0.487 e. The van der Waals surface area contributed by atoms with Crippen molar-refractivity contribution in [1.82, 2.24) is 4.57 Å². The van der Waals surface area contributed by atoms with E-state index in [4.69, 9.17) is 21.1 Å². The smallest absolute Gasteiger partial charge is 0.338 e. The van der Waals surface area contributed by atoms with E-state index in [9.17, 15) is 9.59 Å². The Hall–Kier alpha value is -2.00. The van der Waals surface area contributed by atoms with Crippen molar-refractivity contribution >= 4 is 91.5 Å². The molecule has 200 valence electrons. The maximum atomic E-state index is 13.8. The number of benzene rings is 2. The highest BCUT2D eigenvalue weighted by molar-refractivity contribution is 14.1. The number of halogens is 3. The second-order valence-corrected chi connectivity index (χ2v) is 13.3. The zero-order valence-electron chi connectivity index (χ0n) is 20.7. The highest BCUT2D eigenvalue weighted by Gasteiger charge is 2.33. The van der Waals surface area contributed by atoms with E-state index in [1.807, 2.05) is 60.0 Å². The molecule has 5 rings (SSSR count). The highest BCUT2D eigenvalue weighted by Crippen LogP contribution is 2.33. The van der Waals surface area contributed by atoms with Crippen LogP contribution in [0.2, 0.25) is 5.02 Å². The fraction of sp³-hybridized carbons (Fsp3) is 0.179. The summed E-state index contributed by atoms with van der Waals surface area (Å²) >= 11 is 13.3. The van der Waals surface area contributed by atoms with Gasteiger partial charge in [-0.3, -0.25) is 9.36 Å². The average molecular weight is 803 g/mol. The second kappa shape index (κ2) is 12.2. The molecule has 0 saturated heterocycles. The van der Waals surface area contributed by atoms with Crippen molar-refractivity contribution in [3.63, 3.8) is 0 Å². The SMILES string of the molecule is CCOC(=O)C1=C(C)N=c2s/c(=C/c3cc(I)c(OCc4ccc(Cl)cc4)c(I)c3)c(=O)n2[C@H]1c1cccs1. The lowest BCUT2D eigenvalue weighted by Crippen LogP contribution is -2.39. The van der Waals surface area contributed by atoms with E-state index in [1.165, 1.54) is 22.7 Å². The number of rotatable bonds is 7. The standard InChI is InChI=1S/C28H21ClI2N2O4S2/c1-3-36-27(35)23-15(2)32-28-33(24(23)21-5-4-10-38-21)26(34)22(39-28)13-17-11-19(30)25(20(31)12-17)37-14-16-6-8-18(29)9-7-16/h4-13,24H,3,14H2,1-2H3/b22-13+/t24-/m0/s1. The third kappa shape index (κ3) is 6.04. The van der Waals surface area contributed by atoms with Gasteiger partial charge < -0.3 is 9.47 Å². The van der Waals surface area contributed by atoms with E-state index in [2.05, 4.69) is 50.2 Å². The van der Waals surface area contributed by atoms with Crippen molar-refractivity contribution in [2.24, 2.45) is 4.99 Å². The second-order valence-electron chi connectivity index (χ2n) is 8.55. The number of esters is 1. The van der Waals surface area contributed by atoms with Crippen LogP contribution in [0.25, 0.3) is 6.08 Å². The molecule has 2 aromatic heterocycles. The molecule has 0 aliphatic carbocycles. The summed E-state index contributed by atoms with van der Waals surface area (Å²) in [7, 11) is 0. The lowest BCUT2D eigenvalue weighted by atomic mass is 10.0. The average Bonchev–Trinajstić information content (AvgIpc) is 3.52. The van der Waals surface area contributed by atoms with Crippen molar-refractivity contribution in [3.05, 3.63) is 113 Å². The number of carbonyl (C=O) groups excluding carboxylic acids is 1. The number of hydrogen-bond acceptors (Lipinski definition) is 7. The van der Waals surface area contributed by atoms with Crippen LogP contribution in [0.5, 0.6) is 5.75 Å². The third-order valence-electron chi connectivity index (χ3n) is 5.94. The number of carbonyl (C=O) groups is 1. The van der Waals surface area contributed by atoms with Crippen molar-refractivity contribution in [3.8, 4) is 5.75 Å². The van der Waals surface area contributed by atoms with E-state index in [0.29, 0.717) is 32.2 Å². The summed E-state index contributed by atoms with van der Waals surface area (Å²) in [6.45, 7) is 4.22. The number of aromatic nitrogens is 1. The van der Waals surface area contributed by atoms with Crippen LogP contribution >= 0.6 is 79.5 Å². The monoisotopic (exact) mass is 802 g/mol. The molecule has 1 aliphatic heterocycles. The van der Waals surface area contributed by atoms with Crippen molar-refractivity contribution in [1.29, 1.82) is 0 Å². The van der Waals surface area contributed by atoms with Crippen molar-refractivity contribution in [2.45, 2.75) is 26.5 Å². The Morgan fingerprint density at radius 3 is 2.54 bits per heavy atom. The molecule has 1 atom stereocenters. The van der Waals surface area contributed by atoms with E-state index >= 15 is 0 Å². The summed E-state index contributed by atoms with van der Waals surface area (Å²) in [5.74, 6) is 0.335. The molecule has 6 nitrogen and oxygen atoms in total. The molecule has 0 amide bonds. The number of thiophene rings is 1. The molecule has 1 aliphatic rings. The number of fused-ring (bicyclic) bond motifs is 1. The molecule has 4 aromatic rings. The molecule has 0 radical (unpaired) electrons. The van der Waals surface area contributed by atoms with Crippen molar-refractivity contribution < 1.29 is 14.3 Å². The van der Waals surface area contributed by atoms with E-state index in [-0.39, 0.29) is 12.2 Å². The predicted molar refractivity (Wildman–Crippen MR) is 172 cm³/mol. The van der Waals surface area contributed by atoms with Gasteiger partial charge in [-0.05, 0) is 112 Å². The summed E-state index contributed by atoms with van der Waals surface area (Å²) < 4.78 is 15.5. The van der Waals surface area contributed by atoms with Gasteiger partial charge in [0.25, 0.3) is 5.56 Å². The maximum Gasteiger partial charge on any atom is 0.338 e. The molecular weight excluding hydrogens is 782 g/mol. The number of thiazole rings is 1. The lowest BCUT2D eigenvalue weighted by Gasteiger charge is -2.23. The van der Waals surface area contributed by atoms with Gasteiger partial charge >= 0.3 is 5.97 Å². The number of ether oxygens (including phenoxy) is 2. The fourth-order valence-electron chi connectivity index (χ4n) is 4.20. The van der Waals surface area contributed by atoms with Crippen LogP contribution in [-0.4, -0.2) is 17.1 Å². The van der Waals surface area contributed by atoms with Gasteiger partial charge in [0.2, 0.25) is 0 Å². The van der Waals surface area contributed by atoms with E-state index in [0.717, 1.165) is 28.9 Å². The van der Waals surface area contributed by atoms with Crippen LogP contribution in [0.1, 0.15) is 35.9 Å². The summed E-state index contributed by atoms with van der Waals surface area (Å²) in [6.07, 6.45) is 1.87. The van der Waals surface area contributed by atoms with Crippen LogP contribution in [0, 0.1) is 7.14 Å². The van der Waals surface area contributed by atoms with E-state index in [1.54, 1.807) is 18.4 Å². The summed E-state index contributed by atoms with van der Waals surface area (Å²) in [4.78, 5) is 32.7. The van der Waals surface area contributed by atoms with Crippen molar-refractivity contribution in [2.75, 3.05) is 6.61 Å². The third-order valence-corrected chi connectivity index (χ3v) is 9.71. The van der Waals surface area contributed by atoms with Gasteiger partial charge in [0, 0.05) is 9.90 Å². The number of hydrogen-bond donors (Lipinski definition) is 0. The Balaban J connectivity index is 1.52. The lowest BCUT2D eigenvalue weighted by molar-refractivity contribution is -0.139. The Kier molecular flexibility index (Phi) is 8.96. The molecule has 0 spiro atoms. The molecule has 0 bridgehead atoms. The minimum atomic E-state index is -0.577. The minimum absolute atomic E-state index is 0.195. The first kappa shape index (κ1) is 28.5. The van der Waals surface area contributed by atoms with Gasteiger partial charge in [0.05, 0.1) is 29.5 Å². The molecule has 0 fully saturated rings. The normalized spacial score (nSPS) is 15.2. The molecular formula is C28H21ClI2N2O4S2. The first-order chi connectivity index (χ1) is 18.8. The Labute approximate surface area is 264 Å². The predicted octanol–water partition coefficient (Wildman–Crippen LogP) is 6.30. The Morgan fingerprint density at radius 2 is 1.90 bits per heavy atom. The Morgan fingerprint density at radius 1 is 1.18 bits per heavy atom. The first-order valence-electron chi connectivity index (χ1n) is 11.9. The molecule has 2 aromatic carbocycles.